The Labute approximate surface area is 110 Å². The van der Waals surface area contributed by atoms with E-state index in [1.807, 2.05) is 6.92 Å². The van der Waals surface area contributed by atoms with Crippen molar-refractivity contribution < 1.29 is 18.4 Å². The molecule has 0 aromatic heterocycles. The van der Waals surface area contributed by atoms with Crippen molar-refractivity contribution in [3.63, 3.8) is 0 Å². The molecule has 1 aliphatic heterocycles. The molecular weight excluding hydrogens is 256 g/mol. The van der Waals surface area contributed by atoms with Gasteiger partial charge in [0, 0.05) is 44.3 Å². The zero-order valence-electron chi connectivity index (χ0n) is 10.7. The molecule has 1 unspecified atom stereocenters. The molecule has 1 N–H and O–H groups in total. The van der Waals surface area contributed by atoms with E-state index in [0.29, 0.717) is 25.7 Å². The lowest BCUT2D eigenvalue weighted by Crippen LogP contribution is -2.52. The maximum Gasteiger partial charge on any atom is 0.501 e. The molecule has 1 heterocycles. The lowest BCUT2D eigenvalue weighted by molar-refractivity contribution is -0.0131. The van der Waals surface area contributed by atoms with E-state index in [-0.39, 0.29) is 12.5 Å². The van der Waals surface area contributed by atoms with Crippen LogP contribution >= 0.6 is 12.6 Å². The Hall–Kier alpha value is 0.407. The maximum atomic E-state index is 9.01. The summed E-state index contributed by atoms with van der Waals surface area (Å²) in [7, 11) is -2.48. The third-order valence-corrected chi connectivity index (χ3v) is 5.82. The average Bonchev–Trinajstić information content (AvgIpc) is 2.36. The highest BCUT2D eigenvalue weighted by Crippen LogP contribution is 2.25. The summed E-state index contributed by atoms with van der Waals surface area (Å²) in [5.41, 5.74) is 0. The van der Waals surface area contributed by atoms with Gasteiger partial charge in [0.05, 0.1) is 0 Å². The van der Waals surface area contributed by atoms with Crippen molar-refractivity contribution in [1.29, 1.82) is 0 Å². The lowest BCUT2D eigenvalue weighted by atomic mass is 10.2. The number of aliphatic hydroxyl groups excluding tert-OH is 1. The van der Waals surface area contributed by atoms with E-state index in [2.05, 4.69) is 19.6 Å². The molecule has 1 fully saturated rings. The summed E-state index contributed by atoms with van der Waals surface area (Å²) in [6.45, 7) is 6.12. The normalized spacial score (nSPS) is 31.4. The van der Waals surface area contributed by atoms with Crippen molar-refractivity contribution in [2.45, 2.75) is 26.3 Å². The summed E-state index contributed by atoms with van der Waals surface area (Å²) >= 11 is 4.22. The van der Waals surface area contributed by atoms with Crippen LogP contribution in [-0.2, 0) is 13.3 Å². The van der Waals surface area contributed by atoms with Gasteiger partial charge in [0.25, 0.3) is 0 Å². The van der Waals surface area contributed by atoms with Gasteiger partial charge in [-0.15, -0.1) is 0 Å². The van der Waals surface area contributed by atoms with E-state index >= 15 is 0 Å². The highest BCUT2D eigenvalue weighted by atomic mass is 32.1. The molecule has 0 spiro atoms. The van der Waals surface area contributed by atoms with Crippen molar-refractivity contribution >= 4 is 21.4 Å². The fraction of sp³-hybridized carbons (Fsp3) is 1.00. The van der Waals surface area contributed by atoms with Gasteiger partial charge >= 0.3 is 8.80 Å². The summed E-state index contributed by atoms with van der Waals surface area (Å²) in [5, 5.41) is 9.01. The molecule has 0 amide bonds. The Balaban J connectivity index is 2.47. The van der Waals surface area contributed by atoms with Crippen LogP contribution in [0.2, 0.25) is 6.04 Å². The molecule has 0 aliphatic carbocycles. The maximum absolute atomic E-state index is 9.01. The highest BCUT2D eigenvalue weighted by Gasteiger charge is 2.44. The van der Waals surface area contributed by atoms with Crippen molar-refractivity contribution in [1.82, 2.24) is 0 Å². The van der Waals surface area contributed by atoms with Crippen molar-refractivity contribution in [2.24, 2.45) is 11.8 Å². The van der Waals surface area contributed by atoms with Crippen LogP contribution in [0.15, 0.2) is 0 Å². The molecule has 1 atom stereocenters. The van der Waals surface area contributed by atoms with Gasteiger partial charge in [-0.3, -0.25) is 0 Å². The Bertz CT molecular complexity index is 204. The molecule has 0 bridgehead atoms. The molecule has 1 saturated heterocycles. The SMILES string of the molecule is CC(CO)CO[Si]1(CCCS)OCC(C)CO1. The first-order valence-electron chi connectivity index (χ1n) is 6.25. The summed E-state index contributed by atoms with van der Waals surface area (Å²) in [4.78, 5) is 0. The van der Waals surface area contributed by atoms with Crippen molar-refractivity contribution in [2.75, 3.05) is 32.2 Å². The molecule has 0 radical (unpaired) electrons. The highest BCUT2D eigenvalue weighted by molar-refractivity contribution is 7.80. The fourth-order valence-electron chi connectivity index (χ4n) is 1.55. The minimum absolute atomic E-state index is 0.127. The Kier molecular flexibility index (Phi) is 7.06. The first-order valence-corrected chi connectivity index (χ1v) is 8.82. The Morgan fingerprint density at radius 2 is 2.12 bits per heavy atom. The smallest absolute Gasteiger partial charge is 0.396 e. The summed E-state index contributed by atoms with van der Waals surface area (Å²) in [5.74, 6) is 1.38. The second-order valence-corrected chi connectivity index (χ2v) is 8.02. The van der Waals surface area contributed by atoms with Gasteiger partial charge in [0.15, 0.2) is 0 Å². The van der Waals surface area contributed by atoms with Crippen LogP contribution in [0.1, 0.15) is 20.3 Å². The number of thiol groups is 1. The topological polar surface area (TPSA) is 47.9 Å². The van der Waals surface area contributed by atoms with E-state index in [1.54, 1.807) is 0 Å². The zero-order chi connectivity index (χ0) is 12.7. The summed E-state index contributed by atoms with van der Waals surface area (Å²) in [6, 6.07) is 0.821. The van der Waals surface area contributed by atoms with Gasteiger partial charge in [-0.05, 0) is 12.2 Å². The summed E-state index contributed by atoms with van der Waals surface area (Å²) < 4.78 is 17.6. The van der Waals surface area contributed by atoms with E-state index in [9.17, 15) is 0 Å². The third kappa shape index (κ3) is 5.28. The van der Waals surface area contributed by atoms with Gasteiger partial charge < -0.3 is 18.4 Å². The van der Waals surface area contributed by atoms with E-state index in [0.717, 1.165) is 18.2 Å². The van der Waals surface area contributed by atoms with E-state index in [1.165, 1.54) is 0 Å². The van der Waals surface area contributed by atoms with Gasteiger partial charge in [0.2, 0.25) is 0 Å². The molecule has 0 saturated carbocycles. The molecule has 102 valence electrons. The number of hydrogen-bond donors (Lipinski definition) is 2. The minimum atomic E-state index is -2.48. The van der Waals surface area contributed by atoms with Gasteiger partial charge in [-0.2, -0.15) is 12.6 Å². The number of aliphatic hydroxyl groups is 1. The number of hydrogen-bond acceptors (Lipinski definition) is 5. The van der Waals surface area contributed by atoms with Gasteiger partial charge in [0.1, 0.15) is 0 Å². The molecular formula is C11H24O4SSi. The minimum Gasteiger partial charge on any atom is -0.396 e. The number of rotatable bonds is 7. The van der Waals surface area contributed by atoms with Crippen LogP contribution < -0.4 is 0 Å². The van der Waals surface area contributed by atoms with Crippen LogP contribution in [0, 0.1) is 11.8 Å². The molecule has 0 aromatic carbocycles. The van der Waals surface area contributed by atoms with E-state index in [4.69, 9.17) is 18.4 Å². The summed E-state index contributed by atoms with van der Waals surface area (Å²) in [6.07, 6.45) is 0.942. The molecule has 0 aromatic rings. The molecule has 1 rings (SSSR count). The van der Waals surface area contributed by atoms with Crippen LogP contribution in [0.5, 0.6) is 0 Å². The third-order valence-electron chi connectivity index (χ3n) is 2.72. The molecule has 17 heavy (non-hydrogen) atoms. The van der Waals surface area contributed by atoms with Crippen LogP contribution in [-0.4, -0.2) is 46.1 Å². The molecule has 6 heteroatoms. The van der Waals surface area contributed by atoms with Crippen LogP contribution in [0.4, 0.5) is 0 Å². The monoisotopic (exact) mass is 280 g/mol. The predicted octanol–water partition coefficient (Wildman–Crippen LogP) is 1.57. The van der Waals surface area contributed by atoms with E-state index < -0.39 is 8.80 Å². The van der Waals surface area contributed by atoms with Crippen molar-refractivity contribution in [3.8, 4) is 0 Å². The Morgan fingerprint density at radius 1 is 1.47 bits per heavy atom. The Morgan fingerprint density at radius 3 is 2.65 bits per heavy atom. The molecule has 1 aliphatic rings. The van der Waals surface area contributed by atoms with Crippen molar-refractivity contribution in [3.05, 3.63) is 0 Å². The lowest BCUT2D eigenvalue weighted by Gasteiger charge is -2.36. The fourth-order valence-corrected chi connectivity index (χ4v) is 4.91. The first kappa shape index (κ1) is 15.5. The van der Waals surface area contributed by atoms with Gasteiger partial charge in [-0.25, -0.2) is 0 Å². The first-order chi connectivity index (χ1) is 8.12. The predicted molar refractivity (Wildman–Crippen MR) is 72.3 cm³/mol. The zero-order valence-corrected chi connectivity index (χ0v) is 12.6. The average molecular weight is 280 g/mol. The quantitative estimate of drug-likeness (QED) is 0.549. The second-order valence-electron chi connectivity index (χ2n) is 4.84. The van der Waals surface area contributed by atoms with Crippen LogP contribution in [0.3, 0.4) is 0 Å². The standard InChI is InChI=1S/C11H24O4SSi/c1-10(6-12)7-13-17(5-3-4-16)14-8-11(2)9-15-17/h10-12,16H,3-9H2,1-2H3. The molecule has 4 nitrogen and oxygen atoms in total. The largest absolute Gasteiger partial charge is 0.501 e. The van der Waals surface area contributed by atoms with Gasteiger partial charge in [-0.1, -0.05) is 13.8 Å². The van der Waals surface area contributed by atoms with Crippen LogP contribution in [0.25, 0.3) is 0 Å². The second kappa shape index (κ2) is 7.76.